The smallest absolute Gasteiger partial charge is 0.257 e. The van der Waals surface area contributed by atoms with Crippen molar-refractivity contribution < 1.29 is 4.52 Å². The maximum atomic E-state index is 6.39. The molecule has 1 fully saturated rings. The van der Waals surface area contributed by atoms with Crippen LogP contribution in [0.5, 0.6) is 0 Å². The van der Waals surface area contributed by atoms with Gasteiger partial charge in [-0.25, -0.2) is 4.98 Å². The van der Waals surface area contributed by atoms with Gasteiger partial charge in [-0.15, -0.1) is 12.4 Å². The quantitative estimate of drug-likeness (QED) is 0.727. The monoisotopic (exact) mass is 374 g/mol. The molecule has 0 atom stereocenters. The van der Waals surface area contributed by atoms with Crippen LogP contribution in [0.3, 0.4) is 0 Å². The van der Waals surface area contributed by atoms with Gasteiger partial charge in [0.15, 0.2) is 5.82 Å². The Morgan fingerprint density at radius 3 is 2.48 bits per heavy atom. The van der Waals surface area contributed by atoms with E-state index in [0.29, 0.717) is 11.7 Å². The lowest BCUT2D eigenvalue weighted by atomic mass is 9.99. The second-order valence-electron chi connectivity index (χ2n) is 6.08. The van der Waals surface area contributed by atoms with Gasteiger partial charge in [0.2, 0.25) is 0 Å². The molecule has 0 unspecified atom stereocenters. The first kappa shape index (κ1) is 17.9. The third-order valence-corrected chi connectivity index (χ3v) is 5.29. The number of rotatable bonds is 4. The minimum absolute atomic E-state index is 0. The van der Waals surface area contributed by atoms with Crippen LogP contribution in [0.1, 0.15) is 31.5 Å². The molecule has 7 heteroatoms. The Bertz CT molecular complexity index is 817. The molecular weight excluding hydrogens is 356 g/mol. The number of aromatic nitrogens is 3. The fraction of sp³-hybridized carbons (Fsp3) is 0.278. The Hall–Kier alpha value is -1.89. The molecule has 2 aromatic heterocycles. The van der Waals surface area contributed by atoms with E-state index in [9.17, 15) is 0 Å². The number of hydrogen-bond acceptors (Lipinski definition) is 6. The van der Waals surface area contributed by atoms with Gasteiger partial charge in [-0.2, -0.15) is 4.98 Å². The maximum absolute atomic E-state index is 6.39. The third kappa shape index (κ3) is 3.86. The highest BCUT2D eigenvalue weighted by Crippen LogP contribution is 2.35. The van der Waals surface area contributed by atoms with Crippen LogP contribution in [0.4, 0.5) is 0 Å². The van der Waals surface area contributed by atoms with Crippen LogP contribution in [-0.2, 0) is 5.54 Å². The number of benzene rings is 1. The van der Waals surface area contributed by atoms with E-state index in [2.05, 4.69) is 15.1 Å². The Kier molecular flexibility index (Phi) is 5.42. The van der Waals surface area contributed by atoms with Crippen LogP contribution in [-0.4, -0.2) is 15.1 Å². The predicted octanol–water partition coefficient (Wildman–Crippen LogP) is 4.43. The van der Waals surface area contributed by atoms with Crippen LogP contribution in [0.2, 0.25) is 0 Å². The first-order valence-electron chi connectivity index (χ1n) is 8.05. The van der Waals surface area contributed by atoms with Crippen LogP contribution >= 0.6 is 24.2 Å². The molecule has 0 saturated heterocycles. The molecule has 3 aromatic rings. The summed E-state index contributed by atoms with van der Waals surface area (Å²) in [7, 11) is 0. The average Bonchev–Trinajstić information content (AvgIpc) is 3.27. The van der Waals surface area contributed by atoms with E-state index in [4.69, 9.17) is 10.3 Å². The van der Waals surface area contributed by atoms with E-state index in [1.165, 1.54) is 0 Å². The van der Waals surface area contributed by atoms with Gasteiger partial charge in [-0.05, 0) is 49.2 Å². The highest BCUT2D eigenvalue weighted by molar-refractivity contribution is 7.99. The van der Waals surface area contributed by atoms with Gasteiger partial charge in [-0.1, -0.05) is 35.8 Å². The van der Waals surface area contributed by atoms with Gasteiger partial charge in [0, 0.05) is 16.7 Å². The van der Waals surface area contributed by atoms with Crippen LogP contribution in [0, 0.1) is 0 Å². The normalized spacial score (nSPS) is 15.7. The topological polar surface area (TPSA) is 77.8 Å². The molecule has 0 spiro atoms. The van der Waals surface area contributed by atoms with Crippen molar-refractivity contribution in [2.24, 2.45) is 5.73 Å². The molecule has 1 aliphatic carbocycles. The van der Waals surface area contributed by atoms with Gasteiger partial charge in [0.1, 0.15) is 5.03 Å². The summed E-state index contributed by atoms with van der Waals surface area (Å²) >= 11 is 1.62. The van der Waals surface area contributed by atoms with Crippen LogP contribution < -0.4 is 5.73 Å². The zero-order chi connectivity index (χ0) is 16.4. The maximum Gasteiger partial charge on any atom is 0.257 e. The highest BCUT2D eigenvalue weighted by Gasteiger charge is 2.36. The molecule has 130 valence electrons. The van der Waals surface area contributed by atoms with E-state index < -0.39 is 5.54 Å². The summed E-state index contributed by atoms with van der Waals surface area (Å²) in [6, 6.07) is 13.9. The van der Waals surface area contributed by atoms with Gasteiger partial charge in [0.25, 0.3) is 5.89 Å². The van der Waals surface area contributed by atoms with Crippen molar-refractivity contribution in [2.45, 2.75) is 41.1 Å². The standard InChI is InChI=1S/C18H18N4OS.ClH/c19-18(10-2-3-11-18)17-21-16(23-22-17)13-6-8-14(9-7-13)24-15-5-1-4-12-20-15;/h1,4-9,12H,2-3,10-11,19H2;1H. The van der Waals surface area contributed by atoms with Crippen LogP contribution in [0.25, 0.3) is 11.5 Å². The van der Waals surface area contributed by atoms with Crippen molar-refractivity contribution >= 4 is 24.2 Å². The molecular formula is C18H19ClN4OS. The summed E-state index contributed by atoms with van der Waals surface area (Å²) in [5, 5.41) is 5.08. The van der Waals surface area contributed by atoms with E-state index in [0.717, 1.165) is 41.2 Å². The third-order valence-electron chi connectivity index (χ3n) is 4.33. The van der Waals surface area contributed by atoms with Crippen molar-refractivity contribution in [3.05, 3.63) is 54.5 Å². The number of hydrogen-bond donors (Lipinski definition) is 1. The van der Waals surface area contributed by atoms with E-state index >= 15 is 0 Å². The fourth-order valence-corrected chi connectivity index (χ4v) is 3.74. The van der Waals surface area contributed by atoms with Gasteiger partial charge < -0.3 is 10.3 Å². The molecule has 4 rings (SSSR count). The summed E-state index contributed by atoms with van der Waals surface area (Å²) in [6.07, 6.45) is 5.89. The van der Waals surface area contributed by atoms with E-state index in [-0.39, 0.29) is 12.4 Å². The summed E-state index contributed by atoms with van der Waals surface area (Å²) in [4.78, 5) is 9.96. The van der Waals surface area contributed by atoms with Gasteiger partial charge in [-0.3, -0.25) is 0 Å². The lowest BCUT2D eigenvalue weighted by Gasteiger charge is -2.17. The molecule has 1 saturated carbocycles. The molecule has 1 aromatic carbocycles. The molecule has 0 amide bonds. The second-order valence-corrected chi connectivity index (χ2v) is 7.17. The number of nitrogens with two attached hydrogens (primary N) is 1. The number of halogens is 1. The van der Waals surface area contributed by atoms with Crippen molar-refractivity contribution in [2.75, 3.05) is 0 Å². The van der Waals surface area contributed by atoms with E-state index in [1.807, 2.05) is 42.5 Å². The lowest BCUT2D eigenvalue weighted by Crippen LogP contribution is -2.34. The zero-order valence-corrected chi connectivity index (χ0v) is 15.2. The fourth-order valence-electron chi connectivity index (χ4n) is 2.97. The molecule has 1 aliphatic rings. The van der Waals surface area contributed by atoms with Crippen molar-refractivity contribution in [1.82, 2.24) is 15.1 Å². The molecule has 0 bridgehead atoms. The second kappa shape index (κ2) is 7.56. The Labute approximate surface area is 156 Å². The Morgan fingerprint density at radius 2 is 1.80 bits per heavy atom. The summed E-state index contributed by atoms with van der Waals surface area (Å²) in [6.45, 7) is 0. The summed E-state index contributed by atoms with van der Waals surface area (Å²) in [5.41, 5.74) is 6.87. The van der Waals surface area contributed by atoms with Gasteiger partial charge >= 0.3 is 0 Å². The van der Waals surface area contributed by atoms with E-state index in [1.54, 1.807) is 18.0 Å². The van der Waals surface area contributed by atoms with Crippen molar-refractivity contribution in [3.63, 3.8) is 0 Å². The zero-order valence-electron chi connectivity index (χ0n) is 13.6. The lowest BCUT2D eigenvalue weighted by molar-refractivity contribution is 0.372. The molecule has 0 aliphatic heterocycles. The summed E-state index contributed by atoms with van der Waals surface area (Å²) < 4.78 is 5.43. The van der Waals surface area contributed by atoms with Crippen molar-refractivity contribution in [3.8, 4) is 11.5 Å². The largest absolute Gasteiger partial charge is 0.334 e. The Balaban J connectivity index is 0.00000182. The average molecular weight is 375 g/mol. The summed E-state index contributed by atoms with van der Waals surface area (Å²) in [5.74, 6) is 1.15. The molecule has 2 N–H and O–H groups in total. The molecule has 25 heavy (non-hydrogen) atoms. The van der Waals surface area contributed by atoms with Crippen molar-refractivity contribution in [1.29, 1.82) is 0 Å². The molecule has 5 nitrogen and oxygen atoms in total. The highest BCUT2D eigenvalue weighted by atomic mass is 35.5. The van der Waals surface area contributed by atoms with Crippen LogP contribution in [0.15, 0.2) is 63.1 Å². The minimum Gasteiger partial charge on any atom is -0.334 e. The van der Waals surface area contributed by atoms with Gasteiger partial charge in [0.05, 0.1) is 5.54 Å². The first-order chi connectivity index (χ1) is 11.7. The Morgan fingerprint density at radius 1 is 1.04 bits per heavy atom. The SMILES string of the molecule is Cl.NC1(c2noc(-c3ccc(Sc4ccccn4)cc3)n2)CCCC1. The predicted molar refractivity (Wildman–Crippen MR) is 99.7 cm³/mol. The number of pyridine rings is 1. The molecule has 0 radical (unpaired) electrons. The number of nitrogens with zero attached hydrogens (tertiary/aromatic N) is 3. The molecule has 2 heterocycles. The minimum atomic E-state index is -0.420. The first-order valence-corrected chi connectivity index (χ1v) is 8.87.